The van der Waals surface area contributed by atoms with Gasteiger partial charge in [0, 0.05) is 11.1 Å². The molecule has 0 heterocycles. The van der Waals surface area contributed by atoms with E-state index in [1.807, 2.05) is 12.1 Å². The lowest BCUT2D eigenvalue weighted by Crippen LogP contribution is -2.14. The Bertz CT molecular complexity index is 785. The van der Waals surface area contributed by atoms with E-state index in [1.165, 1.54) is 22.9 Å². The van der Waals surface area contributed by atoms with Gasteiger partial charge in [0.2, 0.25) is 0 Å². The lowest BCUT2D eigenvalue weighted by atomic mass is 9.97. The number of halogens is 2. The Kier molecular flexibility index (Phi) is 3.91. The molecule has 0 radical (unpaired) electrons. The molecule has 1 nitrogen and oxygen atoms in total. The molecule has 0 saturated heterocycles. The second-order valence-electron chi connectivity index (χ2n) is 5.16. The average Bonchev–Trinajstić information content (AvgIpc) is 2.47. The highest BCUT2D eigenvalue weighted by molar-refractivity contribution is 6.31. The Balaban J connectivity index is 1.87. The van der Waals surface area contributed by atoms with Crippen LogP contribution in [0.25, 0.3) is 10.8 Å². The van der Waals surface area contributed by atoms with Crippen LogP contribution in [-0.4, -0.2) is 0 Å². The van der Waals surface area contributed by atoms with Crippen LogP contribution < -0.4 is 5.73 Å². The number of fused-ring (bicyclic) bond motifs is 1. The fraction of sp³-hybridized carbons (Fsp3) is 0.111. The van der Waals surface area contributed by atoms with Crippen LogP contribution in [-0.2, 0) is 6.42 Å². The maximum Gasteiger partial charge on any atom is 0.124 e. The van der Waals surface area contributed by atoms with Gasteiger partial charge >= 0.3 is 0 Å². The van der Waals surface area contributed by atoms with Gasteiger partial charge in [-0.05, 0) is 40.5 Å². The van der Waals surface area contributed by atoms with Crippen molar-refractivity contribution in [1.29, 1.82) is 0 Å². The summed E-state index contributed by atoms with van der Waals surface area (Å²) < 4.78 is 13.1. The van der Waals surface area contributed by atoms with E-state index in [-0.39, 0.29) is 11.9 Å². The van der Waals surface area contributed by atoms with Crippen LogP contribution in [0, 0.1) is 5.82 Å². The summed E-state index contributed by atoms with van der Waals surface area (Å²) in [7, 11) is 0. The van der Waals surface area contributed by atoms with Gasteiger partial charge in [0.15, 0.2) is 0 Å². The molecule has 3 aromatic rings. The summed E-state index contributed by atoms with van der Waals surface area (Å²) in [4.78, 5) is 0. The summed E-state index contributed by atoms with van der Waals surface area (Å²) in [6, 6.07) is 18.6. The van der Waals surface area contributed by atoms with Gasteiger partial charge < -0.3 is 5.73 Å². The molecule has 0 aliphatic carbocycles. The van der Waals surface area contributed by atoms with Crippen molar-refractivity contribution in [1.82, 2.24) is 0 Å². The lowest BCUT2D eigenvalue weighted by molar-refractivity contribution is 0.624. The molecule has 1 atom stereocenters. The third-order valence-corrected chi connectivity index (χ3v) is 3.96. The first-order valence-electron chi connectivity index (χ1n) is 6.82. The van der Waals surface area contributed by atoms with Crippen LogP contribution in [0.3, 0.4) is 0 Å². The van der Waals surface area contributed by atoms with Gasteiger partial charge in [-0.1, -0.05) is 60.1 Å². The zero-order valence-electron chi connectivity index (χ0n) is 11.4. The molecule has 0 spiro atoms. The molecule has 0 amide bonds. The van der Waals surface area contributed by atoms with E-state index in [4.69, 9.17) is 17.3 Å². The highest BCUT2D eigenvalue weighted by Crippen LogP contribution is 2.26. The predicted molar refractivity (Wildman–Crippen MR) is 86.0 cm³/mol. The second kappa shape index (κ2) is 5.84. The average molecular weight is 300 g/mol. The van der Waals surface area contributed by atoms with Crippen molar-refractivity contribution in [2.24, 2.45) is 5.73 Å². The van der Waals surface area contributed by atoms with Crippen LogP contribution in [0.4, 0.5) is 4.39 Å². The molecule has 0 fully saturated rings. The van der Waals surface area contributed by atoms with Crippen molar-refractivity contribution in [3.63, 3.8) is 0 Å². The first-order valence-corrected chi connectivity index (χ1v) is 7.19. The predicted octanol–water partition coefficient (Wildman–Crippen LogP) is 4.87. The molecule has 0 aliphatic heterocycles. The van der Waals surface area contributed by atoms with Crippen LogP contribution >= 0.6 is 11.6 Å². The van der Waals surface area contributed by atoms with Gasteiger partial charge in [-0.15, -0.1) is 0 Å². The van der Waals surface area contributed by atoms with Gasteiger partial charge in [-0.2, -0.15) is 0 Å². The van der Waals surface area contributed by atoms with Gasteiger partial charge in [-0.3, -0.25) is 0 Å². The minimum absolute atomic E-state index is 0.251. The highest BCUT2D eigenvalue weighted by Gasteiger charge is 2.12. The van der Waals surface area contributed by atoms with E-state index < -0.39 is 0 Å². The monoisotopic (exact) mass is 299 g/mol. The van der Waals surface area contributed by atoms with Crippen molar-refractivity contribution in [3.8, 4) is 0 Å². The Morgan fingerprint density at radius 2 is 1.71 bits per heavy atom. The zero-order chi connectivity index (χ0) is 14.8. The highest BCUT2D eigenvalue weighted by atomic mass is 35.5. The van der Waals surface area contributed by atoms with E-state index in [0.717, 1.165) is 11.1 Å². The molecule has 3 heteroatoms. The number of hydrogen-bond acceptors (Lipinski definition) is 1. The van der Waals surface area contributed by atoms with E-state index in [1.54, 1.807) is 6.07 Å². The molecule has 2 N–H and O–H groups in total. The summed E-state index contributed by atoms with van der Waals surface area (Å²) in [6.07, 6.45) is 0.663. The van der Waals surface area contributed by atoms with E-state index >= 15 is 0 Å². The Morgan fingerprint density at radius 1 is 0.952 bits per heavy atom. The Labute approximate surface area is 128 Å². The molecule has 106 valence electrons. The first-order chi connectivity index (χ1) is 10.1. The molecule has 0 saturated carbocycles. The molecular formula is C18H15ClFN. The minimum Gasteiger partial charge on any atom is -0.324 e. The topological polar surface area (TPSA) is 26.0 Å². The number of hydrogen-bond donors (Lipinski definition) is 1. The molecule has 0 aliphatic rings. The van der Waals surface area contributed by atoms with Gasteiger partial charge in [-0.25, -0.2) is 4.39 Å². The fourth-order valence-corrected chi connectivity index (χ4v) is 2.84. The SMILES string of the molecule is NC(Cc1ccc2ccccc2c1)c1ccc(F)cc1Cl. The number of rotatable bonds is 3. The first kappa shape index (κ1) is 14.1. The summed E-state index contributed by atoms with van der Waals surface area (Å²) in [6.45, 7) is 0. The van der Waals surface area contributed by atoms with Crippen LogP contribution in [0.2, 0.25) is 5.02 Å². The number of benzene rings is 3. The molecule has 21 heavy (non-hydrogen) atoms. The van der Waals surface area contributed by atoms with Crippen LogP contribution in [0.1, 0.15) is 17.2 Å². The van der Waals surface area contributed by atoms with Gasteiger partial charge in [0.05, 0.1) is 0 Å². The van der Waals surface area contributed by atoms with Crippen molar-refractivity contribution in [2.45, 2.75) is 12.5 Å². The standard InChI is InChI=1S/C18H15ClFN/c19-17-11-15(20)7-8-16(17)18(21)10-12-5-6-13-3-1-2-4-14(13)9-12/h1-9,11,18H,10,21H2. The molecule has 0 aromatic heterocycles. The summed E-state index contributed by atoms with van der Waals surface area (Å²) >= 11 is 6.07. The molecule has 1 unspecified atom stereocenters. The third kappa shape index (κ3) is 3.07. The number of nitrogens with two attached hydrogens (primary N) is 1. The van der Waals surface area contributed by atoms with Crippen molar-refractivity contribution >= 4 is 22.4 Å². The second-order valence-corrected chi connectivity index (χ2v) is 5.57. The maximum atomic E-state index is 13.1. The molecule has 3 rings (SSSR count). The molecule has 3 aromatic carbocycles. The van der Waals surface area contributed by atoms with Crippen molar-refractivity contribution < 1.29 is 4.39 Å². The van der Waals surface area contributed by atoms with Crippen LogP contribution in [0.5, 0.6) is 0 Å². The zero-order valence-corrected chi connectivity index (χ0v) is 12.1. The van der Waals surface area contributed by atoms with Gasteiger partial charge in [0.1, 0.15) is 5.82 Å². The molecular weight excluding hydrogens is 285 g/mol. The summed E-state index contributed by atoms with van der Waals surface area (Å²) in [5.41, 5.74) is 8.13. The van der Waals surface area contributed by atoms with E-state index in [0.29, 0.717) is 11.4 Å². The van der Waals surface area contributed by atoms with Gasteiger partial charge in [0.25, 0.3) is 0 Å². The van der Waals surface area contributed by atoms with E-state index in [9.17, 15) is 4.39 Å². The molecule has 0 bridgehead atoms. The third-order valence-electron chi connectivity index (χ3n) is 3.63. The van der Waals surface area contributed by atoms with Crippen LogP contribution in [0.15, 0.2) is 60.7 Å². The summed E-state index contributed by atoms with van der Waals surface area (Å²) in [5.74, 6) is -0.346. The largest absolute Gasteiger partial charge is 0.324 e. The fourth-order valence-electron chi connectivity index (χ4n) is 2.53. The summed E-state index contributed by atoms with van der Waals surface area (Å²) in [5, 5.41) is 2.77. The normalized spacial score (nSPS) is 12.5. The Hall–Kier alpha value is -1.90. The quantitative estimate of drug-likeness (QED) is 0.733. The maximum absolute atomic E-state index is 13.1. The van der Waals surface area contributed by atoms with Crippen molar-refractivity contribution in [2.75, 3.05) is 0 Å². The van der Waals surface area contributed by atoms with E-state index in [2.05, 4.69) is 30.3 Å². The Morgan fingerprint density at radius 3 is 2.48 bits per heavy atom. The lowest BCUT2D eigenvalue weighted by Gasteiger charge is -2.14. The smallest absolute Gasteiger partial charge is 0.124 e. The van der Waals surface area contributed by atoms with Crippen molar-refractivity contribution in [3.05, 3.63) is 82.6 Å². The minimum atomic E-state index is -0.346.